The Balaban J connectivity index is 1.80. The van der Waals surface area contributed by atoms with Gasteiger partial charge in [-0.25, -0.2) is 0 Å². The van der Waals surface area contributed by atoms with Gasteiger partial charge in [0.15, 0.2) is 28.8 Å². The van der Waals surface area contributed by atoms with Gasteiger partial charge in [-0.1, -0.05) is 19.4 Å². The van der Waals surface area contributed by atoms with E-state index in [0.717, 1.165) is 18.4 Å². The highest BCUT2D eigenvalue weighted by molar-refractivity contribution is 9.10. The molecule has 4 rings (SSSR count). The summed E-state index contributed by atoms with van der Waals surface area (Å²) < 4.78 is 22.3. The van der Waals surface area contributed by atoms with Crippen molar-refractivity contribution in [2.45, 2.75) is 51.4 Å². The number of hydrogen-bond donors (Lipinski definition) is 1. The molecule has 8 nitrogen and oxygen atoms in total. The van der Waals surface area contributed by atoms with Crippen molar-refractivity contribution in [2.24, 2.45) is 10.9 Å². The van der Waals surface area contributed by atoms with E-state index in [1.165, 1.54) is 7.11 Å². The number of carbonyl (C=O) groups excluding carboxylic acids is 2. The lowest BCUT2D eigenvalue weighted by atomic mass is 9.69. The van der Waals surface area contributed by atoms with E-state index in [4.69, 9.17) is 23.9 Å². The third-order valence-corrected chi connectivity index (χ3v) is 8.00. The predicted molar refractivity (Wildman–Crippen MR) is 151 cm³/mol. The largest absolute Gasteiger partial charge is 0.503 e. The van der Waals surface area contributed by atoms with Crippen LogP contribution in [0.15, 0.2) is 51.1 Å². The van der Waals surface area contributed by atoms with Gasteiger partial charge in [0.1, 0.15) is 5.92 Å². The fourth-order valence-electron chi connectivity index (χ4n) is 5.40. The molecule has 2 aromatic carbocycles. The normalized spacial score (nSPS) is 20.7. The maximum Gasteiger partial charge on any atom is 0.315 e. The molecule has 0 aromatic heterocycles. The number of unbranched alkanes of at least 4 members (excludes halogenated alkanes) is 1. The molecule has 2 aromatic rings. The molecule has 1 unspecified atom stereocenters. The minimum absolute atomic E-state index is 0.0535. The summed E-state index contributed by atoms with van der Waals surface area (Å²) in [4.78, 5) is 32.1. The zero-order chi connectivity index (χ0) is 28.3. The Morgan fingerprint density at radius 3 is 2.38 bits per heavy atom. The maximum atomic E-state index is 13.9. The summed E-state index contributed by atoms with van der Waals surface area (Å²) in [5.41, 5.74) is 3.37. The van der Waals surface area contributed by atoms with Crippen LogP contribution in [0, 0.1) is 5.92 Å². The summed E-state index contributed by atoms with van der Waals surface area (Å²) in [6.07, 6.45) is 2.42. The summed E-state index contributed by atoms with van der Waals surface area (Å²) in [5, 5.41) is 10.4. The molecule has 9 heteroatoms. The van der Waals surface area contributed by atoms with Crippen molar-refractivity contribution in [3.8, 4) is 23.0 Å². The van der Waals surface area contributed by atoms with E-state index >= 15 is 0 Å². The number of carbonyl (C=O) groups is 2. The summed E-state index contributed by atoms with van der Waals surface area (Å²) in [7, 11) is 4.62. The third kappa shape index (κ3) is 5.69. The van der Waals surface area contributed by atoms with Crippen LogP contribution in [-0.4, -0.2) is 50.5 Å². The number of rotatable bonds is 9. The smallest absolute Gasteiger partial charge is 0.315 e. The molecule has 0 spiro atoms. The number of allylic oxidation sites excluding steroid dienone is 2. The monoisotopic (exact) mass is 599 g/mol. The second kappa shape index (κ2) is 12.2. The number of phenolic OH excluding ortho intramolecular Hbond substituents is 1. The topological polar surface area (TPSA) is 104 Å². The molecular formula is C30H34BrNO7. The number of Topliss-reactive ketones (excluding diaryl/α,β-unsaturated/α-hetero) is 1. The van der Waals surface area contributed by atoms with E-state index in [0.29, 0.717) is 51.5 Å². The van der Waals surface area contributed by atoms with Gasteiger partial charge in [-0.3, -0.25) is 14.6 Å². The van der Waals surface area contributed by atoms with Crippen LogP contribution in [0.5, 0.6) is 23.0 Å². The number of nitrogens with zero attached hydrogens (tertiary/aromatic N) is 1. The number of halogens is 1. The van der Waals surface area contributed by atoms with E-state index in [1.807, 2.05) is 25.1 Å². The van der Waals surface area contributed by atoms with E-state index in [1.54, 1.807) is 33.3 Å². The number of benzene rings is 2. The third-order valence-electron chi connectivity index (χ3n) is 7.39. The fraction of sp³-hybridized carbons (Fsp3) is 0.433. The average molecular weight is 601 g/mol. The first-order valence-corrected chi connectivity index (χ1v) is 13.8. The van der Waals surface area contributed by atoms with Crippen LogP contribution in [0.1, 0.15) is 62.5 Å². The Bertz CT molecular complexity index is 1330. The van der Waals surface area contributed by atoms with Crippen LogP contribution in [-0.2, 0) is 14.3 Å². The molecule has 0 saturated heterocycles. The lowest BCUT2D eigenvalue weighted by molar-refractivity contribution is -0.146. The first-order valence-electron chi connectivity index (χ1n) is 13.0. The van der Waals surface area contributed by atoms with Crippen molar-refractivity contribution in [3.63, 3.8) is 0 Å². The number of ether oxygens (including phenoxy) is 4. The van der Waals surface area contributed by atoms with Gasteiger partial charge in [-0.15, -0.1) is 0 Å². The molecule has 208 valence electrons. The summed E-state index contributed by atoms with van der Waals surface area (Å²) in [6, 6.07) is 9.08. The van der Waals surface area contributed by atoms with Gasteiger partial charge >= 0.3 is 5.97 Å². The molecule has 1 aliphatic carbocycles. The van der Waals surface area contributed by atoms with E-state index < -0.39 is 17.8 Å². The van der Waals surface area contributed by atoms with Crippen molar-refractivity contribution in [3.05, 3.63) is 57.2 Å². The van der Waals surface area contributed by atoms with Crippen molar-refractivity contribution >= 4 is 33.4 Å². The lowest BCUT2D eigenvalue weighted by Gasteiger charge is -2.36. The molecular weight excluding hydrogens is 566 g/mol. The molecule has 1 heterocycles. The summed E-state index contributed by atoms with van der Waals surface area (Å²) >= 11 is 3.40. The molecule has 0 fully saturated rings. The standard InChI is InChI=1S/C30H34BrNO7/c1-6-7-10-39-30(35)26-16(2)32-21-12-18(17-8-9-23(36-3)24(14-17)37-4)13-22(33)28(21)27(26)19-11-20(31)29(34)25(15-19)38-5/h8-9,11,14-15,18,26-27,34H,6-7,10,12-13H2,1-5H3/t18-,26?,27-/m1/s1. The molecule has 3 atom stereocenters. The van der Waals surface area contributed by atoms with Gasteiger partial charge in [-0.2, -0.15) is 0 Å². The van der Waals surface area contributed by atoms with Crippen molar-refractivity contribution in [2.75, 3.05) is 27.9 Å². The molecule has 2 aliphatic rings. The molecule has 39 heavy (non-hydrogen) atoms. The fourth-order valence-corrected chi connectivity index (χ4v) is 5.86. The second-order valence-corrected chi connectivity index (χ2v) is 10.6. The van der Waals surface area contributed by atoms with Gasteiger partial charge < -0.3 is 24.1 Å². The number of ketones is 1. The Morgan fingerprint density at radius 1 is 1.03 bits per heavy atom. The first kappa shape index (κ1) is 28.7. The molecule has 1 N–H and O–H groups in total. The van der Waals surface area contributed by atoms with Gasteiger partial charge in [0.2, 0.25) is 0 Å². The summed E-state index contributed by atoms with van der Waals surface area (Å²) in [5.74, 6) is -0.605. The van der Waals surface area contributed by atoms with Gasteiger partial charge in [-0.05, 0) is 77.0 Å². The quantitative estimate of drug-likeness (QED) is 0.274. The number of hydrogen-bond acceptors (Lipinski definition) is 8. The van der Waals surface area contributed by atoms with Crippen molar-refractivity contribution in [1.29, 1.82) is 0 Å². The first-order chi connectivity index (χ1) is 18.7. The average Bonchev–Trinajstić information content (AvgIpc) is 2.93. The number of phenols is 1. The number of aromatic hydroxyl groups is 1. The number of esters is 1. The van der Waals surface area contributed by atoms with Crippen molar-refractivity contribution in [1.82, 2.24) is 0 Å². The van der Waals surface area contributed by atoms with Crippen LogP contribution in [0.3, 0.4) is 0 Å². The predicted octanol–water partition coefficient (Wildman–Crippen LogP) is 6.10. The summed E-state index contributed by atoms with van der Waals surface area (Å²) in [6.45, 7) is 4.13. The van der Waals surface area contributed by atoms with Crippen LogP contribution in [0.2, 0.25) is 0 Å². The van der Waals surface area contributed by atoms with E-state index in [9.17, 15) is 14.7 Å². The van der Waals surface area contributed by atoms with Crippen molar-refractivity contribution < 1.29 is 33.6 Å². The van der Waals surface area contributed by atoms with Crippen LogP contribution in [0.25, 0.3) is 0 Å². The van der Waals surface area contributed by atoms with E-state index in [2.05, 4.69) is 15.9 Å². The number of methoxy groups -OCH3 is 3. The zero-order valence-electron chi connectivity index (χ0n) is 22.9. The Morgan fingerprint density at radius 2 is 1.72 bits per heavy atom. The highest BCUT2D eigenvalue weighted by atomic mass is 79.9. The Hall–Kier alpha value is -3.33. The van der Waals surface area contributed by atoms with Crippen LogP contribution in [0.4, 0.5) is 0 Å². The SMILES string of the molecule is CCCCOC(=O)C1C(C)=NC2=C(C(=O)C[C@H](c3ccc(OC)c(OC)c3)C2)[C@@H]1c1cc(Br)c(O)c(OC)c1. The highest BCUT2D eigenvalue weighted by Crippen LogP contribution is 2.49. The minimum Gasteiger partial charge on any atom is -0.503 e. The van der Waals surface area contributed by atoms with Crippen LogP contribution >= 0.6 is 15.9 Å². The Kier molecular flexibility index (Phi) is 9.00. The lowest BCUT2D eigenvalue weighted by Crippen LogP contribution is -2.38. The Labute approximate surface area is 237 Å². The van der Waals surface area contributed by atoms with E-state index in [-0.39, 0.29) is 29.6 Å². The molecule has 0 bridgehead atoms. The molecule has 0 radical (unpaired) electrons. The highest BCUT2D eigenvalue weighted by Gasteiger charge is 2.45. The number of aliphatic imine (C=N–C) groups is 1. The minimum atomic E-state index is -0.775. The zero-order valence-corrected chi connectivity index (χ0v) is 24.5. The second-order valence-electron chi connectivity index (χ2n) is 9.79. The maximum absolute atomic E-state index is 13.9. The molecule has 1 aliphatic heterocycles. The van der Waals surface area contributed by atoms with Gasteiger partial charge in [0.25, 0.3) is 0 Å². The molecule has 0 amide bonds. The molecule has 0 saturated carbocycles. The van der Waals surface area contributed by atoms with Gasteiger partial charge in [0.05, 0.1) is 32.4 Å². The van der Waals surface area contributed by atoms with Crippen LogP contribution < -0.4 is 14.2 Å². The van der Waals surface area contributed by atoms with Gasteiger partial charge in [0, 0.05) is 29.3 Å².